The van der Waals surface area contributed by atoms with Gasteiger partial charge < -0.3 is 14.8 Å². The van der Waals surface area contributed by atoms with Crippen molar-refractivity contribution in [1.29, 1.82) is 0 Å². The molecule has 98 valence electrons. The second-order valence-electron chi connectivity index (χ2n) is 4.19. The lowest BCUT2D eigenvalue weighted by molar-refractivity contribution is 0.0128. The fraction of sp³-hybridized carbons (Fsp3) is 0.462. The zero-order valence-corrected chi connectivity index (χ0v) is 9.97. The van der Waals surface area contributed by atoms with Crippen LogP contribution in [0.3, 0.4) is 0 Å². The maximum absolute atomic E-state index is 13.4. The maximum Gasteiger partial charge on any atom is 0.407 e. The van der Waals surface area contributed by atoms with Gasteiger partial charge in [0.1, 0.15) is 12.8 Å². The molecule has 0 spiro atoms. The minimum Gasteiger partial charge on any atom is -0.445 e. The zero-order valence-electron chi connectivity index (χ0n) is 9.97. The van der Waals surface area contributed by atoms with Crippen molar-refractivity contribution in [3.63, 3.8) is 0 Å². The molecule has 4 nitrogen and oxygen atoms in total. The van der Waals surface area contributed by atoms with Crippen molar-refractivity contribution in [2.24, 2.45) is 0 Å². The summed E-state index contributed by atoms with van der Waals surface area (Å²) in [6, 6.07) is 8.83. The second-order valence-corrected chi connectivity index (χ2v) is 4.19. The lowest BCUT2D eigenvalue weighted by Crippen LogP contribution is -2.46. The number of benzene rings is 1. The Balaban J connectivity index is 1.75. The van der Waals surface area contributed by atoms with Gasteiger partial charge in [0.05, 0.1) is 12.6 Å². The van der Waals surface area contributed by atoms with Gasteiger partial charge in [-0.2, -0.15) is 0 Å². The molecule has 1 aromatic carbocycles. The van der Waals surface area contributed by atoms with Crippen molar-refractivity contribution in [2.45, 2.75) is 25.2 Å². The number of ether oxygens (including phenoxy) is 2. The molecule has 2 rings (SSSR count). The number of hydrogen-bond donors (Lipinski definition) is 1. The largest absolute Gasteiger partial charge is 0.445 e. The van der Waals surface area contributed by atoms with Crippen LogP contribution >= 0.6 is 0 Å². The number of amides is 1. The lowest BCUT2D eigenvalue weighted by atomic mass is 10.1. The summed E-state index contributed by atoms with van der Waals surface area (Å²) in [5.41, 5.74) is 0.899. The Morgan fingerprint density at radius 2 is 2.22 bits per heavy atom. The van der Waals surface area contributed by atoms with Crippen molar-refractivity contribution in [2.75, 3.05) is 13.2 Å². The SMILES string of the molecule is O=C(NC1CCOCC1F)OCc1ccccc1. The van der Waals surface area contributed by atoms with E-state index in [4.69, 9.17) is 9.47 Å². The molecule has 2 atom stereocenters. The van der Waals surface area contributed by atoms with Crippen LogP contribution in [0, 0.1) is 0 Å². The van der Waals surface area contributed by atoms with Gasteiger partial charge in [-0.3, -0.25) is 0 Å². The van der Waals surface area contributed by atoms with Gasteiger partial charge in [-0.1, -0.05) is 30.3 Å². The third-order valence-corrected chi connectivity index (χ3v) is 2.80. The minimum atomic E-state index is -1.16. The number of alkyl halides is 1. The van der Waals surface area contributed by atoms with Crippen LogP contribution < -0.4 is 5.32 Å². The number of hydrogen-bond acceptors (Lipinski definition) is 3. The van der Waals surface area contributed by atoms with Crippen molar-refractivity contribution in [1.82, 2.24) is 5.32 Å². The Hall–Kier alpha value is -1.62. The van der Waals surface area contributed by atoms with E-state index in [0.29, 0.717) is 13.0 Å². The molecule has 18 heavy (non-hydrogen) atoms. The number of carbonyl (C=O) groups is 1. The Morgan fingerprint density at radius 3 is 2.94 bits per heavy atom. The molecule has 2 unspecified atom stereocenters. The quantitative estimate of drug-likeness (QED) is 0.896. The van der Waals surface area contributed by atoms with E-state index in [0.717, 1.165) is 5.56 Å². The van der Waals surface area contributed by atoms with Crippen LogP contribution in [0.15, 0.2) is 30.3 Å². The molecule has 0 aromatic heterocycles. The molecule has 1 saturated heterocycles. The fourth-order valence-electron chi connectivity index (χ4n) is 1.78. The fourth-order valence-corrected chi connectivity index (χ4v) is 1.78. The van der Waals surface area contributed by atoms with Gasteiger partial charge in [0.15, 0.2) is 0 Å². The van der Waals surface area contributed by atoms with E-state index < -0.39 is 18.3 Å². The Kier molecular flexibility index (Phi) is 4.52. The monoisotopic (exact) mass is 253 g/mol. The number of carbonyl (C=O) groups excluding carboxylic acids is 1. The van der Waals surface area contributed by atoms with Gasteiger partial charge >= 0.3 is 6.09 Å². The van der Waals surface area contributed by atoms with E-state index in [-0.39, 0.29) is 13.2 Å². The Bertz CT molecular complexity index is 385. The van der Waals surface area contributed by atoms with E-state index in [2.05, 4.69) is 5.32 Å². The normalized spacial score (nSPS) is 23.4. The van der Waals surface area contributed by atoms with Crippen LogP contribution in [0.1, 0.15) is 12.0 Å². The summed E-state index contributed by atoms with van der Waals surface area (Å²) in [5.74, 6) is 0. The first-order valence-corrected chi connectivity index (χ1v) is 5.95. The summed E-state index contributed by atoms with van der Waals surface area (Å²) >= 11 is 0. The third-order valence-electron chi connectivity index (χ3n) is 2.80. The lowest BCUT2D eigenvalue weighted by Gasteiger charge is -2.26. The molecule has 1 heterocycles. The van der Waals surface area contributed by atoms with E-state index in [1.54, 1.807) is 0 Å². The first-order valence-electron chi connectivity index (χ1n) is 5.95. The van der Waals surface area contributed by atoms with Crippen LogP contribution in [-0.2, 0) is 16.1 Å². The highest BCUT2D eigenvalue weighted by atomic mass is 19.1. The number of rotatable bonds is 3. The molecular formula is C13H16FNO3. The first-order chi connectivity index (χ1) is 8.75. The topological polar surface area (TPSA) is 47.6 Å². The van der Waals surface area contributed by atoms with E-state index in [1.165, 1.54) is 0 Å². The summed E-state index contributed by atoms with van der Waals surface area (Å²) in [5, 5.41) is 2.52. The van der Waals surface area contributed by atoms with Crippen LogP contribution in [-0.4, -0.2) is 31.5 Å². The van der Waals surface area contributed by atoms with Gasteiger partial charge in [-0.15, -0.1) is 0 Å². The molecular weight excluding hydrogens is 237 g/mol. The summed E-state index contributed by atoms with van der Waals surface area (Å²) in [6.07, 6.45) is -1.28. The molecule has 0 saturated carbocycles. The van der Waals surface area contributed by atoms with Gasteiger partial charge in [-0.05, 0) is 12.0 Å². The number of alkyl carbamates (subject to hydrolysis) is 1. The predicted octanol–water partition coefficient (Wildman–Crippen LogP) is 2.04. The molecule has 1 aromatic rings. The van der Waals surface area contributed by atoms with Crippen molar-refractivity contribution in [3.8, 4) is 0 Å². The van der Waals surface area contributed by atoms with Gasteiger partial charge in [0, 0.05) is 6.61 Å². The van der Waals surface area contributed by atoms with Crippen LogP contribution in [0.5, 0.6) is 0 Å². The maximum atomic E-state index is 13.4. The Morgan fingerprint density at radius 1 is 1.44 bits per heavy atom. The molecule has 5 heteroatoms. The molecule has 1 amide bonds. The average Bonchev–Trinajstić information content (AvgIpc) is 2.40. The van der Waals surface area contributed by atoms with E-state index in [1.807, 2.05) is 30.3 Å². The molecule has 0 bridgehead atoms. The highest BCUT2D eigenvalue weighted by Crippen LogP contribution is 2.11. The van der Waals surface area contributed by atoms with Crippen molar-refractivity contribution in [3.05, 3.63) is 35.9 Å². The average molecular weight is 253 g/mol. The third kappa shape index (κ3) is 3.70. The first kappa shape index (κ1) is 12.8. The number of halogens is 1. The minimum absolute atomic E-state index is 0.0314. The number of nitrogens with one attached hydrogen (secondary N) is 1. The van der Waals surface area contributed by atoms with Gasteiger partial charge in [0.2, 0.25) is 0 Å². The van der Waals surface area contributed by atoms with Crippen LogP contribution in [0.25, 0.3) is 0 Å². The summed E-state index contributed by atoms with van der Waals surface area (Å²) in [6.45, 7) is 0.681. The molecule has 0 aliphatic carbocycles. The van der Waals surface area contributed by atoms with E-state index >= 15 is 0 Å². The van der Waals surface area contributed by atoms with Crippen molar-refractivity contribution < 1.29 is 18.7 Å². The molecule has 0 radical (unpaired) electrons. The predicted molar refractivity (Wildman–Crippen MR) is 63.9 cm³/mol. The highest BCUT2D eigenvalue weighted by molar-refractivity contribution is 5.67. The molecule has 1 aliphatic heterocycles. The van der Waals surface area contributed by atoms with E-state index in [9.17, 15) is 9.18 Å². The molecule has 1 N–H and O–H groups in total. The molecule has 1 fully saturated rings. The standard InChI is InChI=1S/C13H16FNO3/c14-11-9-17-7-6-12(11)15-13(16)18-8-10-4-2-1-3-5-10/h1-5,11-12H,6-9H2,(H,15,16). The summed E-state index contributed by atoms with van der Waals surface area (Å²) < 4.78 is 23.4. The summed E-state index contributed by atoms with van der Waals surface area (Å²) in [4.78, 5) is 11.5. The second kappa shape index (κ2) is 6.35. The van der Waals surface area contributed by atoms with Gasteiger partial charge in [-0.25, -0.2) is 9.18 Å². The zero-order chi connectivity index (χ0) is 12.8. The van der Waals surface area contributed by atoms with Crippen LogP contribution in [0.2, 0.25) is 0 Å². The van der Waals surface area contributed by atoms with Crippen molar-refractivity contribution >= 4 is 6.09 Å². The van der Waals surface area contributed by atoms with Crippen LogP contribution in [0.4, 0.5) is 9.18 Å². The highest BCUT2D eigenvalue weighted by Gasteiger charge is 2.27. The smallest absolute Gasteiger partial charge is 0.407 e. The summed E-state index contributed by atoms with van der Waals surface area (Å²) in [7, 11) is 0. The Labute approximate surface area is 105 Å². The van der Waals surface area contributed by atoms with Gasteiger partial charge in [0.25, 0.3) is 0 Å². The molecule has 1 aliphatic rings.